The Hall–Kier alpha value is -3.03. The number of hydrogen-bond acceptors (Lipinski definition) is 3. The molecule has 2 aromatic heterocycles. The highest BCUT2D eigenvalue weighted by Crippen LogP contribution is 2.35. The molecule has 1 aromatic carbocycles. The summed E-state index contributed by atoms with van der Waals surface area (Å²) in [5, 5.41) is 1.03. The first-order valence-electron chi connectivity index (χ1n) is 8.97. The van der Waals surface area contributed by atoms with Gasteiger partial charge < -0.3 is 14.6 Å². The summed E-state index contributed by atoms with van der Waals surface area (Å²) < 4.78 is 44.7. The number of nitrogens with one attached hydrogen (secondary N) is 1. The monoisotopic (exact) mass is 389 g/mol. The molecule has 28 heavy (non-hydrogen) atoms. The third-order valence-electron chi connectivity index (χ3n) is 4.89. The van der Waals surface area contributed by atoms with Crippen LogP contribution in [0.1, 0.15) is 28.8 Å². The smallest absolute Gasteiger partial charge is 0.421 e. The second kappa shape index (κ2) is 7.18. The summed E-state index contributed by atoms with van der Waals surface area (Å²) in [5.74, 6) is -0.499. The number of H-pyrrole nitrogens is 1. The molecule has 1 saturated heterocycles. The quantitative estimate of drug-likeness (QED) is 0.728. The number of pyridine rings is 1. The lowest BCUT2D eigenvalue weighted by atomic mass is 10.1. The number of alkyl halides is 3. The Morgan fingerprint density at radius 3 is 2.71 bits per heavy atom. The van der Waals surface area contributed by atoms with Gasteiger partial charge in [0.05, 0.1) is 0 Å². The second-order valence-electron chi connectivity index (χ2n) is 6.74. The molecular formula is C20H18F3N3O2. The lowest BCUT2D eigenvalue weighted by Crippen LogP contribution is -2.42. The van der Waals surface area contributed by atoms with Crippen LogP contribution in [-0.4, -0.2) is 40.0 Å². The third-order valence-corrected chi connectivity index (χ3v) is 4.89. The molecule has 146 valence electrons. The van der Waals surface area contributed by atoms with E-state index < -0.39 is 23.7 Å². The number of piperidine rings is 1. The molecule has 0 unspecified atom stereocenters. The van der Waals surface area contributed by atoms with Crippen LogP contribution in [0.5, 0.6) is 5.88 Å². The van der Waals surface area contributed by atoms with E-state index in [4.69, 9.17) is 4.74 Å². The molecule has 0 spiro atoms. The summed E-state index contributed by atoms with van der Waals surface area (Å²) in [6.45, 7) is 0.834. The average molecular weight is 389 g/mol. The summed E-state index contributed by atoms with van der Waals surface area (Å²) in [4.78, 5) is 21.2. The fourth-order valence-corrected chi connectivity index (χ4v) is 3.40. The van der Waals surface area contributed by atoms with Gasteiger partial charge in [-0.1, -0.05) is 6.07 Å². The van der Waals surface area contributed by atoms with Gasteiger partial charge in [0, 0.05) is 49.4 Å². The van der Waals surface area contributed by atoms with Crippen molar-refractivity contribution in [3.05, 3.63) is 59.9 Å². The van der Waals surface area contributed by atoms with Gasteiger partial charge >= 0.3 is 6.18 Å². The topological polar surface area (TPSA) is 58.2 Å². The van der Waals surface area contributed by atoms with Gasteiger partial charge in [-0.15, -0.1) is 0 Å². The van der Waals surface area contributed by atoms with Crippen LogP contribution in [-0.2, 0) is 6.18 Å². The first-order chi connectivity index (χ1) is 13.4. The molecule has 8 heteroatoms. The summed E-state index contributed by atoms with van der Waals surface area (Å²) in [6.07, 6.45) is -0.939. The van der Waals surface area contributed by atoms with Crippen molar-refractivity contribution in [1.82, 2.24) is 14.9 Å². The van der Waals surface area contributed by atoms with Crippen LogP contribution < -0.4 is 4.74 Å². The number of carbonyl (C=O) groups excluding carboxylic acids is 1. The van der Waals surface area contributed by atoms with Crippen LogP contribution >= 0.6 is 0 Å². The van der Waals surface area contributed by atoms with E-state index in [0.717, 1.165) is 17.0 Å². The zero-order valence-corrected chi connectivity index (χ0v) is 14.9. The second-order valence-corrected chi connectivity index (χ2v) is 6.74. The number of hydrogen-bond donors (Lipinski definition) is 1. The molecule has 3 aromatic rings. The maximum Gasteiger partial charge on any atom is 0.421 e. The summed E-state index contributed by atoms with van der Waals surface area (Å²) >= 11 is 0. The Morgan fingerprint density at radius 2 is 1.96 bits per heavy atom. The van der Waals surface area contributed by atoms with Crippen LogP contribution in [0.3, 0.4) is 0 Å². The number of aromatic nitrogens is 2. The molecule has 0 bridgehead atoms. The molecule has 5 nitrogen and oxygen atoms in total. The summed E-state index contributed by atoms with van der Waals surface area (Å²) in [6, 6.07) is 9.60. The number of ether oxygens (including phenoxy) is 1. The number of likely N-dealkylation sites (tertiary alicyclic amines) is 1. The van der Waals surface area contributed by atoms with Gasteiger partial charge in [0.2, 0.25) is 5.88 Å². The Morgan fingerprint density at radius 1 is 1.18 bits per heavy atom. The molecule has 0 radical (unpaired) electrons. The zero-order chi connectivity index (χ0) is 19.7. The molecule has 1 aliphatic rings. The van der Waals surface area contributed by atoms with Crippen LogP contribution in [0.15, 0.2) is 48.8 Å². The van der Waals surface area contributed by atoms with E-state index in [1.807, 2.05) is 24.4 Å². The van der Waals surface area contributed by atoms with Gasteiger partial charge in [-0.25, -0.2) is 4.98 Å². The minimum absolute atomic E-state index is 0.0937. The Balaban J connectivity index is 1.40. The highest BCUT2D eigenvalue weighted by Gasteiger charge is 2.36. The van der Waals surface area contributed by atoms with E-state index in [2.05, 4.69) is 9.97 Å². The summed E-state index contributed by atoms with van der Waals surface area (Å²) in [7, 11) is 0. The third kappa shape index (κ3) is 3.67. The number of nitrogens with zero attached hydrogens (tertiary/aromatic N) is 2. The van der Waals surface area contributed by atoms with Gasteiger partial charge in [-0.3, -0.25) is 4.79 Å². The van der Waals surface area contributed by atoms with E-state index in [1.54, 1.807) is 11.0 Å². The molecule has 1 amide bonds. The van der Waals surface area contributed by atoms with Crippen molar-refractivity contribution in [3.63, 3.8) is 0 Å². The van der Waals surface area contributed by atoms with Crippen molar-refractivity contribution < 1.29 is 22.7 Å². The first-order valence-corrected chi connectivity index (χ1v) is 8.97. The van der Waals surface area contributed by atoms with Gasteiger partial charge in [0.1, 0.15) is 11.7 Å². The molecule has 1 N–H and O–H groups in total. The highest BCUT2D eigenvalue weighted by molar-refractivity contribution is 5.98. The Labute approximate surface area is 159 Å². The average Bonchev–Trinajstić information content (AvgIpc) is 3.15. The van der Waals surface area contributed by atoms with Gasteiger partial charge in [0.25, 0.3) is 5.91 Å². The number of amides is 1. The predicted octanol–water partition coefficient (Wildman–Crippen LogP) is 4.27. The SMILES string of the molecule is O=C(c1ccc2cc[nH]c2c1)N1CCC(Oc2ncccc2C(F)(F)F)CC1. The molecule has 4 rings (SSSR count). The Bertz CT molecular complexity index is 992. The van der Waals surface area contributed by atoms with Crippen molar-refractivity contribution in [2.45, 2.75) is 25.1 Å². The molecule has 0 saturated carbocycles. The normalized spacial score (nSPS) is 15.8. The van der Waals surface area contributed by atoms with Crippen LogP contribution in [0.25, 0.3) is 10.9 Å². The lowest BCUT2D eigenvalue weighted by Gasteiger charge is -2.32. The Kier molecular flexibility index (Phi) is 4.70. The van der Waals surface area contributed by atoms with E-state index in [0.29, 0.717) is 31.5 Å². The number of aromatic amines is 1. The van der Waals surface area contributed by atoms with Crippen LogP contribution in [0, 0.1) is 0 Å². The van der Waals surface area contributed by atoms with Crippen molar-refractivity contribution in [3.8, 4) is 5.88 Å². The molecule has 0 atom stereocenters. The van der Waals surface area contributed by atoms with E-state index in [1.165, 1.54) is 12.3 Å². The summed E-state index contributed by atoms with van der Waals surface area (Å²) in [5.41, 5.74) is 0.588. The maximum atomic E-state index is 13.1. The number of rotatable bonds is 3. The fourth-order valence-electron chi connectivity index (χ4n) is 3.40. The van der Waals surface area contributed by atoms with Crippen LogP contribution in [0.2, 0.25) is 0 Å². The largest absolute Gasteiger partial charge is 0.474 e. The van der Waals surface area contributed by atoms with Crippen molar-refractivity contribution in [1.29, 1.82) is 0 Å². The number of halogens is 3. The minimum Gasteiger partial charge on any atom is -0.474 e. The molecule has 0 aliphatic carbocycles. The van der Waals surface area contributed by atoms with Gasteiger partial charge in [-0.05, 0) is 35.7 Å². The van der Waals surface area contributed by atoms with Gasteiger partial charge in [0.15, 0.2) is 0 Å². The first kappa shape index (κ1) is 18.3. The molecule has 1 fully saturated rings. The number of benzene rings is 1. The van der Waals surface area contributed by atoms with E-state index in [9.17, 15) is 18.0 Å². The lowest BCUT2D eigenvalue weighted by molar-refractivity contribution is -0.139. The van der Waals surface area contributed by atoms with Crippen molar-refractivity contribution in [2.24, 2.45) is 0 Å². The maximum absolute atomic E-state index is 13.1. The van der Waals surface area contributed by atoms with Crippen molar-refractivity contribution >= 4 is 16.8 Å². The van der Waals surface area contributed by atoms with Crippen LogP contribution in [0.4, 0.5) is 13.2 Å². The number of fused-ring (bicyclic) bond motifs is 1. The zero-order valence-electron chi connectivity index (χ0n) is 14.9. The number of carbonyl (C=O) groups is 1. The fraction of sp³-hybridized carbons (Fsp3) is 0.300. The molecule has 1 aliphatic heterocycles. The van der Waals surface area contributed by atoms with Crippen molar-refractivity contribution in [2.75, 3.05) is 13.1 Å². The molecule has 3 heterocycles. The van der Waals surface area contributed by atoms with E-state index in [-0.39, 0.29) is 5.91 Å². The standard InChI is InChI=1S/C20H18F3N3O2/c21-20(22,23)16-2-1-8-25-18(16)28-15-6-10-26(11-7-15)19(27)14-4-3-13-5-9-24-17(13)12-14/h1-5,8-9,12,15,24H,6-7,10-11H2. The van der Waals surface area contributed by atoms with Gasteiger partial charge in [-0.2, -0.15) is 13.2 Å². The van der Waals surface area contributed by atoms with E-state index >= 15 is 0 Å². The predicted molar refractivity (Wildman–Crippen MR) is 97.1 cm³/mol. The minimum atomic E-state index is -4.52. The highest BCUT2D eigenvalue weighted by atomic mass is 19.4. The molecular weight excluding hydrogens is 371 g/mol.